The molecule has 1 aliphatic rings. The molecular weight excluding hydrogens is 769 g/mol. The summed E-state index contributed by atoms with van der Waals surface area (Å²) in [5.41, 5.74) is 1.93. The number of aromatic amines is 1. The van der Waals surface area contributed by atoms with E-state index in [2.05, 4.69) is 46.5 Å². The quantitative estimate of drug-likeness (QED) is 0.0565. The van der Waals surface area contributed by atoms with E-state index in [0.29, 0.717) is 35.1 Å². The van der Waals surface area contributed by atoms with Crippen molar-refractivity contribution in [2.45, 2.75) is 45.3 Å². The Morgan fingerprint density at radius 2 is 1.31 bits per heavy atom. The lowest BCUT2D eigenvalue weighted by atomic mass is 10.1. The molecule has 4 aromatic carbocycles. The molecule has 0 fully saturated rings. The second kappa shape index (κ2) is 17.6. The minimum atomic E-state index is -0.880. The van der Waals surface area contributed by atoms with Crippen molar-refractivity contribution in [2.24, 2.45) is 9.98 Å². The minimum Gasteiger partial charge on any atom is -0.394 e. The molecule has 13 nitrogen and oxygen atoms in total. The normalized spacial score (nSPS) is 13.4. The van der Waals surface area contributed by atoms with Crippen LogP contribution in [0.2, 0.25) is 0 Å². The van der Waals surface area contributed by atoms with Gasteiger partial charge in [-0.05, 0) is 130 Å². The van der Waals surface area contributed by atoms with Gasteiger partial charge in [-0.15, -0.1) is 0 Å². The number of nitrogens with zero attached hydrogens (tertiary/aromatic N) is 5. The van der Waals surface area contributed by atoms with E-state index in [9.17, 15) is 32.3 Å². The van der Waals surface area contributed by atoms with E-state index in [1.54, 1.807) is 48.9 Å². The van der Waals surface area contributed by atoms with E-state index in [1.165, 1.54) is 72.8 Å². The second-order valence-electron chi connectivity index (χ2n) is 14.6. The van der Waals surface area contributed by atoms with Gasteiger partial charge in [-0.25, -0.2) is 32.2 Å². The number of hydrogen-bond acceptors (Lipinski definition) is 8. The van der Waals surface area contributed by atoms with Crippen LogP contribution in [0.15, 0.2) is 119 Å². The highest BCUT2D eigenvalue weighted by Crippen LogP contribution is 2.27. The zero-order valence-corrected chi connectivity index (χ0v) is 32.3. The average molecular weight is 809 g/mol. The highest BCUT2D eigenvalue weighted by molar-refractivity contribution is 6.10. The third-order valence-electron chi connectivity index (χ3n) is 8.58. The number of benzene rings is 4. The average Bonchev–Trinajstić information content (AvgIpc) is 3.79. The van der Waals surface area contributed by atoms with Gasteiger partial charge in [0.2, 0.25) is 11.9 Å². The smallest absolute Gasteiger partial charge is 0.257 e. The van der Waals surface area contributed by atoms with Crippen LogP contribution in [0.3, 0.4) is 0 Å². The molecule has 6 N–H and O–H groups in total. The Morgan fingerprint density at radius 3 is 1.86 bits per heavy atom. The molecule has 1 aliphatic heterocycles. The summed E-state index contributed by atoms with van der Waals surface area (Å²) in [4.78, 5) is 33.9. The number of aromatic nitrogens is 4. The fourth-order valence-electron chi connectivity index (χ4n) is 5.58. The summed E-state index contributed by atoms with van der Waals surface area (Å²) in [6.45, 7) is 7.44. The van der Waals surface area contributed by atoms with Gasteiger partial charge in [0.1, 0.15) is 29.1 Å². The molecule has 2 amide bonds. The molecule has 59 heavy (non-hydrogen) atoms. The summed E-state index contributed by atoms with van der Waals surface area (Å²) >= 11 is 0. The first-order chi connectivity index (χ1) is 28.0. The highest BCUT2D eigenvalue weighted by Gasteiger charge is 2.27. The van der Waals surface area contributed by atoms with Crippen LogP contribution in [0.4, 0.5) is 29.2 Å². The Bertz CT molecular complexity index is 2480. The van der Waals surface area contributed by atoms with Gasteiger partial charge in [-0.1, -0.05) is 0 Å². The molecular formula is C42H40F4N10O3. The number of amides is 2. The van der Waals surface area contributed by atoms with E-state index in [1.807, 2.05) is 19.9 Å². The maximum atomic E-state index is 13.2. The number of carbonyl (C=O) groups is 2. The molecule has 0 spiro atoms. The van der Waals surface area contributed by atoms with Gasteiger partial charge in [-0.2, -0.15) is 10.2 Å². The lowest BCUT2D eigenvalue weighted by molar-refractivity contribution is 0.0968. The summed E-state index contributed by atoms with van der Waals surface area (Å²) in [6, 6.07) is 25.8. The van der Waals surface area contributed by atoms with Gasteiger partial charge in [0.05, 0.1) is 35.6 Å². The Labute approximate surface area is 336 Å². The van der Waals surface area contributed by atoms with Gasteiger partial charge in [0, 0.05) is 28.8 Å². The monoisotopic (exact) mass is 808 g/mol. The first-order valence-electron chi connectivity index (χ1n) is 18.2. The molecule has 3 heterocycles. The number of carbonyl (C=O) groups excluding carboxylic acids is 2. The van der Waals surface area contributed by atoms with Crippen LogP contribution in [0.25, 0.3) is 22.5 Å². The van der Waals surface area contributed by atoms with E-state index >= 15 is 0 Å². The number of hydrogen-bond donors (Lipinski definition) is 6. The van der Waals surface area contributed by atoms with Gasteiger partial charge >= 0.3 is 0 Å². The van der Waals surface area contributed by atoms with Crippen molar-refractivity contribution in [1.29, 1.82) is 0 Å². The van der Waals surface area contributed by atoms with Crippen LogP contribution < -0.4 is 21.3 Å². The number of H-pyrrole nitrogens is 1. The largest absolute Gasteiger partial charge is 0.394 e. The molecule has 304 valence electrons. The van der Waals surface area contributed by atoms with Gasteiger partial charge < -0.3 is 15.7 Å². The summed E-state index contributed by atoms with van der Waals surface area (Å²) in [6.07, 6.45) is 0. The van der Waals surface area contributed by atoms with Crippen molar-refractivity contribution < 1.29 is 32.3 Å². The summed E-state index contributed by atoms with van der Waals surface area (Å²) in [7, 11) is 0. The fourth-order valence-corrected chi connectivity index (χ4v) is 5.58. The van der Waals surface area contributed by atoms with Gasteiger partial charge in [0.15, 0.2) is 5.82 Å². The molecule has 0 saturated heterocycles. The van der Waals surface area contributed by atoms with Crippen LogP contribution >= 0.6 is 0 Å². The van der Waals surface area contributed by atoms with Crippen molar-refractivity contribution in [3.05, 3.63) is 144 Å². The molecule has 7 rings (SSSR count). The third kappa shape index (κ3) is 11.3. The van der Waals surface area contributed by atoms with Crippen molar-refractivity contribution in [3.8, 4) is 22.5 Å². The highest BCUT2D eigenvalue weighted by atomic mass is 19.1. The Kier molecular flexibility index (Phi) is 12.3. The van der Waals surface area contributed by atoms with E-state index in [-0.39, 0.29) is 35.7 Å². The van der Waals surface area contributed by atoms with Gasteiger partial charge in [-0.3, -0.25) is 25.3 Å². The topological polar surface area (TPSA) is 174 Å². The number of rotatable bonds is 7. The maximum Gasteiger partial charge on any atom is 0.257 e. The van der Waals surface area contributed by atoms with Crippen LogP contribution in [-0.4, -0.2) is 66.5 Å². The standard InChI is InChI=1S/C21H21F2N5O2.C21H19F2N5O/c1-21(2,12-29)26-20(25-19(30)14-5-9-16(23)10-6-14)24-18-11-17(27-28-18)13-3-7-15(22)8-4-13;1-21(2)12-28-18(11-17(27-28)13-3-7-15(22)8-4-13)24-20(26-21)25-19(29)14-5-9-16(23)10-6-14/h3-11,29H,12H2,1-2H3,(H3,24,25,26,27,28,30);3-11H,12H2,1-2H3,(H2,24,25,26,29). The van der Waals surface area contributed by atoms with Crippen LogP contribution in [0, 0.1) is 23.3 Å². The van der Waals surface area contributed by atoms with Crippen LogP contribution in [-0.2, 0) is 6.54 Å². The third-order valence-corrected chi connectivity index (χ3v) is 8.58. The predicted octanol–water partition coefficient (Wildman–Crippen LogP) is 7.14. The number of aliphatic imine (C=N–C) groups is 2. The first-order valence-corrected chi connectivity index (χ1v) is 18.2. The molecule has 6 aromatic rings. The minimum absolute atomic E-state index is 0.0560. The Hall–Kier alpha value is -7.14. The number of guanidine groups is 2. The maximum absolute atomic E-state index is 13.2. The van der Waals surface area contributed by atoms with Crippen molar-refractivity contribution in [3.63, 3.8) is 0 Å². The van der Waals surface area contributed by atoms with Crippen molar-refractivity contribution >= 4 is 35.4 Å². The number of anilines is 2. The molecule has 0 aliphatic carbocycles. The predicted molar refractivity (Wildman–Crippen MR) is 217 cm³/mol. The number of aliphatic hydroxyl groups excluding tert-OH is 1. The Morgan fingerprint density at radius 1 is 0.780 bits per heavy atom. The second-order valence-corrected chi connectivity index (χ2v) is 14.6. The van der Waals surface area contributed by atoms with E-state index in [4.69, 9.17) is 0 Å². The molecule has 0 bridgehead atoms. The SMILES string of the molecule is CC(C)(CO)N=C(NC(=O)c1ccc(F)cc1)Nc1cc(-c2ccc(F)cc2)[nH]n1.CC1(C)Cn2nc(-c3ccc(F)cc3)cc2NC(NC(=O)c2ccc(F)cc2)=N1. The number of halogens is 4. The lowest BCUT2D eigenvalue weighted by Gasteiger charge is -2.19. The van der Waals surface area contributed by atoms with E-state index < -0.39 is 34.5 Å². The molecule has 0 unspecified atom stereocenters. The Balaban J connectivity index is 0.000000198. The van der Waals surface area contributed by atoms with Crippen LogP contribution in [0.5, 0.6) is 0 Å². The summed E-state index contributed by atoms with van der Waals surface area (Å²) in [5, 5.41) is 32.4. The summed E-state index contributed by atoms with van der Waals surface area (Å²) in [5.74, 6) is -1.12. The van der Waals surface area contributed by atoms with E-state index in [0.717, 1.165) is 11.1 Å². The van der Waals surface area contributed by atoms with Crippen LogP contribution in [0.1, 0.15) is 48.4 Å². The zero-order valence-electron chi connectivity index (χ0n) is 32.3. The number of nitrogens with one attached hydrogen (secondary N) is 5. The lowest BCUT2D eigenvalue weighted by Crippen LogP contribution is -2.39. The number of fused-ring (bicyclic) bond motifs is 1. The first kappa shape index (κ1) is 41.5. The van der Waals surface area contributed by atoms with Gasteiger partial charge in [0.25, 0.3) is 11.8 Å². The number of aliphatic hydroxyl groups is 1. The molecule has 0 saturated carbocycles. The molecule has 0 atom stereocenters. The zero-order chi connectivity index (χ0) is 42.3. The van der Waals surface area contributed by atoms with Crippen molar-refractivity contribution in [2.75, 3.05) is 17.2 Å². The summed E-state index contributed by atoms with van der Waals surface area (Å²) < 4.78 is 54.3. The fraction of sp³-hybridized carbons (Fsp3) is 0.190. The molecule has 0 radical (unpaired) electrons. The molecule has 17 heteroatoms. The molecule has 2 aromatic heterocycles. The van der Waals surface area contributed by atoms with Crippen molar-refractivity contribution in [1.82, 2.24) is 30.6 Å².